The Morgan fingerprint density at radius 3 is 2.69 bits per heavy atom. The normalized spacial score (nSPS) is 20.4. The second kappa shape index (κ2) is 11.3. The van der Waals surface area contributed by atoms with Crippen LogP contribution in [-0.4, -0.2) is 69.2 Å². The third kappa shape index (κ3) is 5.69. The summed E-state index contributed by atoms with van der Waals surface area (Å²) in [6, 6.07) is 6.34. The summed E-state index contributed by atoms with van der Waals surface area (Å²) in [5.74, 6) is 2.01. The molecule has 178 valence electrons. The van der Waals surface area contributed by atoms with Crippen molar-refractivity contribution in [2.24, 2.45) is 10.7 Å². The largest absolute Gasteiger partial charge is 0.454 e. The lowest BCUT2D eigenvalue weighted by Gasteiger charge is -2.37. The molecule has 2 fully saturated rings. The predicted molar refractivity (Wildman–Crippen MR) is 131 cm³/mol. The number of guanidine groups is 1. The molecule has 32 heavy (non-hydrogen) atoms. The molecule has 0 unspecified atom stereocenters. The lowest BCUT2D eigenvalue weighted by Crippen LogP contribution is -2.49. The summed E-state index contributed by atoms with van der Waals surface area (Å²) >= 11 is 0. The van der Waals surface area contributed by atoms with Gasteiger partial charge in [-0.1, -0.05) is 6.07 Å². The fourth-order valence-electron chi connectivity index (χ4n) is 4.44. The van der Waals surface area contributed by atoms with Crippen LogP contribution in [0.2, 0.25) is 0 Å². The topological polar surface area (TPSA) is 108 Å². The van der Waals surface area contributed by atoms with Crippen LogP contribution in [-0.2, 0) is 14.9 Å². The maximum atomic E-state index is 11.9. The second-order valence-electron chi connectivity index (χ2n) is 8.27. The molecule has 1 aromatic rings. The van der Waals surface area contributed by atoms with E-state index in [-0.39, 0.29) is 48.3 Å². The van der Waals surface area contributed by atoms with Gasteiger partial charge in [0.2, 0.25) is 6.79 Å². The number of nitrogens with zero attached hydrogens (tertiary/aromatic N) is 2. The molecular formula is C22H33IN4O5. The van der Waals surface area contributed by atoms with Gasteiger partial charge in [-0.2, -0.15) is 0 Å². The first-order valence-corrected chi connectivity index (χ1v) is 11.1. The number of carbonyl (C=O) groups is 1. The SMILES string of the molecule is CCOC(=O)N1CCC(NC(N)=NCC2(c3ccc4c(c3)OCO4)CCOCC2)CC1.I. The highest BCUT2D eigenvalue weighted by Crippen LogP contribution is 2.41. The van der Waals surface area contributed by atoms with Gasteiger partial charge in [-0.05, 0) is 50.3 Å². The van der Waals surface area contributed by atoms with E-state index < -0.39 is 0 Å². The lowest BCUT2D eigenvalue weighted by atomic mass is 9.74. The van der Waals surface area contributed by atoms with Crippen LogP contribution in [0.4, 0.5) is 4.79 Å². The van der Waals surface area contributed by atoms with Gasteiger partial charge in [-0.25, -0.2) is 4.79 Å². The quantitative estimate of drug-likeness (QED) is 0.324. The van der Waals surface area contributed by atoms with Crippen molar-refractivity contribution in [3.05, 3.63) is 23.8 Å². The first kappa shape index (κ1) is 24.7. The van der Waals surface area contributed by atoms with Crippen molar-refractivity contribution >= 4 is 36.0 Å². The van der Waals surface area contributed by atoms with E-state index in [0.29, 0.717) is 45.4 Å². The van der Waals surface area contributed by atoms with Crippen LogP contribution in [0.1, 0.15) is 38.2 Å². The Morgan fingerprint density at radius 2 is 1.97 bits per heavy atom. The second-order valence-corrected chi connectivity index (χ2v) is 8.27. The summed E-state index contributed by atoms with van der Waals surface area (Å²) in [6.07, 6.45) is 3.14. The van der Waals surface area contributed by atoms with E-state index in [1.54, 1.807) is 4.90 Å². The van der Waals surface area contributed by atoms with E-state index in [0.717, 1.165) is 37.2 Å². The van der Waals surface area contributed by atoms with Crippen LogP contribution in [0.5, 0.6) is 11.5 Å². The van der Waals surface area contributed by atoms with Gasteiger partial charge < -0.3 is 34.9 Å². The highest BCUT2D eigenvalue weighted by molar-refractivity contribution is 14.0. The zero-order chi connectivity index (χ0) is 21.7. The number of piperidine rings is 1. The zero-order valence-corrected chi connectivity index (χ0v) is 20.8. The molecule has 10 heteroatoms. The van der Waals surface area contributed by atoms with Crippen molar-refractivity contribution in [2.75, 3.05) is 46.2 Å². The van der Waals surface area contributed by atoms with Crippen molar-refractivity contribution in [1.82, 2.24) is 10.2 Å². The van der Waals surface area contributed by atoms with Gasteiger partial charge in [-0.15, -0.1) is 24.0 Å². The van der Waals surface area contributed by atoms with E-state index in [1.807, 2.05) is 13.0 Å². The maximum Gasteiger partial charge on any atom is 0.409 e. The molecule has 9 nitrogen and oxygen atoms in total. The van der Waals surface area contributed by atoms with Crippen LogP contribution < -0.4 is 20.5 Å². The molecule has 0 aromatic heterocycles. The Hall–Kier alpha value is -1.95. The molecule has 3 aliphatic heterocycles. The first-order valence-electron chi connectivity index (χ1n) is 11.1. The summed E-state index contributed by atoms with van der Waals surface area (Å²) in [5, 5.41) is 3.33. The third-order valence-corrected chi connectivity index (χ3v) is 6.36. The molecular weight excluding hydrogens is 527 g/mol. The number of halogens is 1. The highest BCUT2D eigenvalue weighted by Gasteiger charge is 2.36. The average molecular weight is 560 g/mol. The number of rotatable bonds is 5. The Labute approximate surface area is 206 Å². The van der Waals surface area contributed by atoms with Crippen molar-refractivity contribution in [2.45, 2.75) is 44.1 Å². The molecule has 0 saturated carbocycles. The van der Waals surface area contributed by atoms with Crippen LogP contribution in [0, 0.1) is 0 Å². The van der Waals surface area contributed by atoms with Gasteiger partial charge in [0.1, 0.15) is 0 Å². The summed E-state index contributed by atoms with van der Waals surface area (Å²) in [4.78, 5) is 18.3. The molecule has 3 aliphatic rings. The van der Waals surface area contributed by atoms with Crippen LogP contribution >= 0.6 is 24.0 Å². The summed E-state index contributed by atoms with van der Waals surface area (Å²) in [7, 11) is 0. The highest BCUT2D eigenvalue weighted by atomic mass is 127. The Morgan fingerprint density at radius 1 is 1.25 bits per heavy atom. The van der Waals surface area contributed by atoms with Crippen molar-refractivity contribution in [3.8, 4) is 11.5 Å². The molecule has 1 aromatic carbocycles. The molecule has 4 rings (SSSR count). The van der Waals surface area contributed by atoms with Gasteiger partial charge in [0.15, 0.2) is 17.5 Å². The maximum absolute atomic E-state index is 11.9. The summed E-state index contributed by atoms with van der Waals surface area (Å²) < 4.78 is 21.7. The Kier molecular flexibility index (Phi) is 8.69. The lowest BCUT2D eigenvalue weighted by molar-refractivity contribution is 0.0530. The predicted octanol–water partition coefficient (Wildman–Crippen LogP) is 2.61. The minimum Gasteiger partial charge on any atom is -0.454 e. The van der Waals surface area contributed by atoms with Gasteiger partial charge in [-0.3, -0.25) is 4.99 Å². The number of hydrogen-bond acceptors (Lipinski definition) is 6. The monoisotopic (exact) mass is 560 g/mol. The molecule has 3 heterocycles. The van der Waals surface area contributed by atoms with Gasteiger partial charge in [0.05, 0.1) is 13.2 Å². The zero-order valence-electron chi connectivity index (χ0n) is 18.5. The molecule has 2 saturated heterocycles. The van der Waals surface area contributed by atoms with Crippen molar-refractivity contribution < 1.29 is 23.7 Å². The van der Waals surface area contributed by atoms with Crippen LogP contribution in [0.25, 0.3) is 0 Å². The van der Waals surface area contributed by atoms with Crippen molar-refractivity contribution in [1.29, 1.82) is 0 Å². The smallest absolute Gasteiger partial charge is 0.409 e. The number of amides is 1. The van der Waals surface area contributed by atoms with E-state index in [9.17, 15) is 4.79 Å². The number of nitrogens with two attached hydrogens (primary N) is 1. The summed E-state index contributed by atoms with van der Waals surface area (Å²) in [6.45, 7) is 5.76. The molecule has 0 spiro atoms. The van der Waals surface area contributed by atoms with Crippen molar-refractivity contribution in [3.63, 3.8) is 0 Å². The van der Waals surface area contributed by atoms with Gasteiger partial charge in [0.25, 0.3) is 0 Å². The Bertz CT molecular complexity index is 808. The van der Waals surface area contributed by atoms with E-state index in [4.69, 9.17) is 29.7 Å². The fraction of sp³-hybridized carbons (Fsp3) is 0.636. The minimum absolute atomic E-state index is 0. The van der Waals surface area contributed by atoms with E-state index in [2.05, 4.69) is 17.4 Å². The average Bonchev–Trinajstić information content (AvgIpc) is 3.27. The van der Waals surface area contributed by atoms with Crippen LogP contribution in [0.15, 0.2) is 23.2 Å². The number of ether oxygens (including phenoxy) is 4. The first-order chi connectivity index (χ1) is 15.1. The van der Waals surface area contributed by atoms with Gasteiger partial charge in [0, 0.05) is 37.8 Å². The number of nitrogens with one attached hydrogen (secondary N) is 1. The number of aliphatic imine (C=N–C) groups is 1. The Balaban J connectivity index is 0.00000289. The number of carbonyl (C=O) groups excluding carboxylic acids is 1. The number of fused-ring (bicyclic) bond motifs is 1. The van der Waals surface area contributed by atoms with Crippen LogP contribution in [0.3, 0.4) is 0 Å². The molecule has 0 bridgehead atoms. The molecule has 0 radical (unpaired) electrons. The number of hydrogen-bond donors (Lipinski definition) is 2. The molecule has 0 atom stereocenters. The third-order valence-electron chi connectivity index (χ3n) is 6.36. The number of likely N-dealkylation sites (tertiary alicyclic amines) is 1. The molecule has 3 N–H and O–H groups in total. The van der Waals surface area contributed by atoms with E-state index in [1.165, 1.54) is 5.56 Å². The fourth-order valence-corrected chi connectivity index (χ4v) is 4.44. The standard InChI is InChI=1S/C22H32N4O5.HI/c1-2-29-21(27)26-9-5-17(6-10-26)25-20(23)24-14-22(7-11-28-12-8-22)16-3-4-18-19(13-16)31-15-30-18;/h3-4,13,17H,2,5-12,14-15H2,1H3,(H3,23,24,25);1H. The number of benzene rings is 1. The minimum atomic E-state index is -0.243. The van der Waals surface area contributed by atoms with Gasteiger partial charge >= 0.3 is 6.09 Å². The molecule has 0 aliphatic carbocycles. The summed E-state index contributed by atoms with van der Waals surface area (Å²) in [5.41, 5.74) is 7.29. The van der Waals surface area contributed by atoms with E-state index >= 15 is 0 Å². The molecule has 1 amide bonds.